The molecule has 2 nitrogen and oxygen atoms in total. The van der Waals surface area contributed by atoms with Gasteiger partial charge in [-0.1, -0.05) is 18.2 Å². The van der Waals surface area contributed by atoms with E-state index in [1.165, 1.54) is 0 Å². The molecule has 1 aromatic heterocycles. The van der Waals surface area contributed by atoms with Crippen molar-refractivity contribution in [3.05, 3.63) is 42.1 Å². The van der Waals surface area contributed by atoms with Crippen molar-refractivity contribution in [1.29, 1.82) is 0 Å². The van der Waals surface area contributed by atoms with E-state index in [1.807, 2.05) is 61.2 Å². The molecule has 1 aromatic carbocycles. The molecule has 3 heteroatoms. The van der Waals surface area contributed by atoms with Crippen LogP contribution < -0.4 is 28.5 Å². The molecule has 0 amide bonds. The van der Waals surface area contributed by atoms with Crippen LogP contribution in [0.1, 0.15) is 12.5 Å². The van der Waals surface area contributed by atoms with Crippen LogP contribution in [0, 0.1) is 0 Å². The number of halogens is 1. The van der Waals surface area contributed by atoms with Crippen LogP contribution in [-0.2, 0) is 7.05 Å². The molecule has 2 aromatic rings. The van der Waals surface area contributed by atoms with Crippen molar-refractivity contribution in [2.45, 2.75) is 6.92 Å². The van der Waals surface area contributed by atoms with E-state index in [9.17, 15) is 5.11 Å². The Morgan fingerprint density at radius 3 is 2.69 bits per heavy atom. The maximum atomic E-state index is 10.1. The first-order valence-corrected chi connectivity index (χ1v) is 4.97. The van der Waals surface area contributed by atoms with Crippen molar-refractivity contribution in [3.63, 3.8) is 0 Å². The van der Waals surface area contributed by atoms with Gasteiger partial charge in [0.05, 0.1) is 5.39 Å². The summed E-state index contributed by atoms with van der Waals surface area (Å²) >= 11 is 0. The Morgan fingerprint density at radius 1 is 1.25 bits per heavy atom. The first-order chi connectivity index (χ1) is 7.24. The van der Waals surface area contributed by atoms with Crippen molar-refractivity contribution in [1.82, 2.24) is 0 Å². The average Bonchev–Trinajstić information content (AvgIpc) is 2.22. The average molecular weight is 327 g/mol. The second-order valence-corrected chi connectivity index (χ2v) is 3.56. The van der Waals surface area contributed by atoms with E-state index < -0.39 is 0 Å². The highest BCUT2D eigenvalue weighted by atomic mass is 127. The number of nitrogens with zero attached hydrogens (tertiary/aromatic N) is 1. The van der Waals surface area contributed by atoms with Gasteiger partial charge in [0.25, 0.3) is 5.52 Å². The molecular weight excluding hydrogens is 313 g/mol. The molecular formula is C13H14INO. The van der Waals surface area contributed by atoms with Gasteiger partial charge in [-0.25, -0.2) is 0 Å². The summed E-state index contributed by atoms with van der Waals surface area (Å²) in [4.78, 5) is 0. The van der Waals surface area contributed by atoms with Crippen LogP contribution in [0.25, 0.3) is 17.0 Å². The Morgan fingerprint density at radius 2 is 2.00 bits per heavy atom. The number of rotatable bonds is 1. The standard InChI is InChI=1S/C13H13NO.HI/c1-3-5-11-8-7-10-6-4-9-14(2)12(10)13(11)15;/h3-9H,1-2H3;1H/b5-3+;. The third kappa shape index (κ3) is 2.19. The van der Waals surface area contributed by atoms with Crippen LogP contribution in [-0.4, -0.2) is 5.11 Å². The van der Waals surface area contributed by atoms with Gasteiger partial charge >= 0.3 is 0 Å². The highest BCUT2D eigenvalue weighted by Crippen LogP contribution is 2.26. The van der Waals surface area contributed by atoms with Gasteiger partial charge in [-0.05, 0) is 19.1 Å². The molecule has 16 heavy (non-hydrogen) atoms. The van der Waals surface area contributed by atoms with E-state index in [-0.39, 0.29) is 24.0 Å². The third-order valence-corrected chi connectivity index (χ3v) is 2.50. The number of phenolic OH excluding ortho intramolecular Hbond substituents is 1. The predicted molar refractivity (Wildman–Crippen MR) is 61.5 cm³/mol. The van der Waals surface area contributed by atoms with Crippen LogP contribution in [0.2, 0.25) is 0 Å². The van der Waals surface area contributed by atoms with Crippen molar-refractivity contribution in [3.8, 4) is 5.75 Å². The lowest BCUT2D eigenvalue weighted by atomic mass is 10.1. The normalized spacial score (nSPS) is 10.6. The van der Waals surface area contributed by atoms with Crippen LogP contribution >= 0.6 is 0 Å². The molecule has 1 N–H and O–H groups in total. The molecule has 0 saturated carbocycles. The van der Waals surface area contributed by atoms with Crippen molar-refractivity contribution in [2.24, 2.45) is 7.05 Å². The van der Waals surface area contributed by atoms with E-state index in [4.69, 9.17) is 0 Å². The van der Waals surface area contributed by atoms with Gasteiger partial charge in [-0.3, -0.25) is 0 Å². The predicted octanol–water partition coefficient (Wildman–Crippen LogP) is -0.593. The number of fused-ring (bicyclic) bond motifs is 1. The summed E-state index contributed by atoms with van der Waals surface area (Å²) in [7, 11) is 1.93. The Balaban J connectivity index is 0.00000128. The zero-order valence-electron chi connectivity index (χ0n) is 9.31. The second-order valence-electron chi connectivity index (χ2n) is 3.56. The minimum absolute atomic E-state index is 0. The smallest absolute Gasteiger partial charge is 0.255 e. The fourth-order valence-electron chi connectivity index (χ4n) is 1.78. The molecule has 0 aliphatic carbocycles. The highest BCUT2D eigenvalue weighted by molar-refractivity contribution is 5.85. The van der Waals surface area contributed by atoms with Crippen molar-refractivity contribution >= 4 is 17.0 Å². The van der Waals surface area contributed by atoms with Gasteiger partial charge in [-0.2, -0.15) is 4.57 Å². The van der Waals surface area contributed by atoms with E-state index >= 15 is 0 Å². The van der Waals surface area contributed by atoms with Gasteiger partial charge in [0.2, 0.25) is 0 Å². The maximum Gasteiger partial charge on any atom is 0.255 e. The van der Waals surface area contributed by atoms with Crippen molar-refractivity contribution < 1.29 is 33.7 Å². The topological polar surface area (TPSA) is 24.1 Å². The molecule has 0 unspecified atom stereocenters. The largest absolute Gasteiger partial charge is 1.00 e. The van der Waals surface area contributed by atoms with Crippen LogP contribution in [0.5, 0.6) is 5.75 Å². The van der Waals surface area contributed by atoms with Gasteiger partial charge < -0.3 is 29.1 Å². The molecule has 84 valence electrons. The summed E-state index contributed by atoms with van der Waals surface area (Å²) in [6, 6.07) is 7.91. The molecule has 0 saturated heterocycles. The fourth-order valence-corrected chi connectivity index (χ4v) is 1.78. The van der Waals surface area contributed by atoms with Crippen LogP contribution in [0.15, 0.2) is 36.5 Å². The monoisotopic (exact) mass is 327 g/mol. The zero-order chi connectivity index (χ0) is 10.8. The zero-order valence-corrected chi connectivity index (χ0v) is 11.5. The maximum absolute atomic E-state index is 10.1. The van der Waals surface area contributed by atoms with E-state index in [0.29, 0.717) is 5.75 Å². The minimum Gasteiger partial charge on any atom is -1.00 e. The first-order valence-electron chi connectivity index (χ1n) is 4.97. The number of hydrogen-bond donors (Lipinski definition) is 1. The molecule has 0 spiro atoms. The number of pyridine rings is 1. The summed E-state index contributed by atoms with van der Waals surface area (Å²) in [5, 5.41) is 11.1. The molecule has 0 atom stereocenters. The van der Waals surface area contributed by atoms with Crippen LogP contribution in [0.3, 0.4) is 0 Å². The highest BCUT2D eigenvalue weighted by Gasteiger charge is 2.12. The van der Waals surface area contributed by atoms with E-state index in [1.54, 1.807) is 0 Å². The van der Waals surface area contributed by atoms with E-state index in [0.717, 1.165) is 16.5 Å². The number of aryl methyl sites for hydroxylation is 1. The molecule has 0 fully saturated rings. The summed E-state index contributed by atoms with van der Waals surface area (Å²) in [6.45, 7) is 1.94. The quantitative estimate of drug-likeness (QED) is 0.549. The fraction of sp³-hybridized carbons (Fsp3) is 0.154. The van der Waals surface area contributed by atoms with Gasteiger partial charge in [0, 0.05) is 11.6 Å². The molecule has 0 radical (unpaired) electrons. The Labute approximate surface area is 112 Å². The first kappa shape index (κ1) is 13.0. The summed E-state index contributed by atoms with van der Waals surface area (Å²) in [5.41, 5.74) is 1.72. The number of benzene rings is 1. The molecule has 0 bridgehead atoms. The Hall–Kier alpha value is -1.10. The van der Waals surface area contributed by atoms with Gasteiger partial charge in [0.15, 0.2) is 11.9 Å². The van der Waals surface area contributed by atoms with Crippen LogP contribution in [0.4, 0.5) is 0 Å². The Kier molecular flexibility index (Phi) is 4.29. The van der Waals surface area contributed by atoms with Gasteiger partial charge in [-0.15, -0.1) is 0 Å². The number of aromatic hydroxyl groups is 1. The minimum atomic E-state index is 0. The Bertz CT molecular complexity index is 535. The van der Waals surface area contributed by atoms with Gasteiger partial charge in [0.1, 0.15) is 7.05 Å². The number of phenols is 1. The molecule has 2 rings (SSSR count). The molecule has 0 aliphatic rings. The third-order valence-electron chi connectivity index (χ3n) is 2.50. The SMILES string of the molecule is C/C=C/c1ccc2ccc[n+](C)c2c1O.[I-]. The number of aromatic nitrogens is 1. The lowest BCUT2D eigenvalue weighted by molar-refractivity contribution is -0.645. The number of allylic oxidation sites excluding steroid dienone is 1. The summed E-state index contributed by atoms with van der Waals surface area (Å²) in [6.07, 6.45) is 5.76. The number of hydrogen-bond acceptors (Lipinski definition) is 1. The van der Waals surface area contributed by atoms with Crippen molar-refractivity contribution in [2.75, 3.05) is 0 Å². The lowest BCUT2D eigenvalue weighted by Gasteiger charge is -2.02. The van der Waals surface area contributed by atoms with E-state index in [2.05, 4.69) is 0 Å². The summed E-state index contributed by atoms with van der Waals surface area (Å²) in [5.74, 6) is 0.341. The molecule has 1 heterocycles. The second kappa shape index (κ2) is 5.30. The lowest BCUT2D eigenvalue weighted by Crippen LogP contribution is -3.00. The summed E-state index contributed by atoms with van der Waals surface area (Å²) < 4.78 is 1.93. The molecule has 0 aliphatic heterocycles.